The van der Waals surface area contributed by atoms with Crippen molar-refractivity contribution in [3.05, 3.63) is 18.2 Å². The summed E-state index contributed by atoms with van der Waals surface area (Å²) in [6, 6.07) is 0. The molecule has 0 aliphatic heterocycles. The second kappa shape index (κ2) is 10.9. The fraction of sp³-hybridized carbons (Fsp3) is 0.714. The molecule has 0 radical (unpaired) electrons. The summed E-state index contributed by atoms with van der Waals surface area (Å²) in [7, 11) is 1.81. The number of aromatic nitrogens is 2. The lowest BCUT2D eigenvalue weighted by molar-refractivity contribution is 0.581. The summed E-state index contributed by atoms with van der Waals surface area (Å²) in [5, 5.41) is 6.64. The van der Waals surface area contributed by atoms with Gasteiger partial charge in [0.05, 0.1) is 0 Å². The van der Waals surface area contributed by atoms with E-state index in [0.29, 0.717) is 5.92 Å². The molecular formula is C14H28IN5. The Morgan fingerprint density at radius 2 is 2.10 bits per heavy atom. The lowest BCUT2D eigenvalue weighted by atomic mass is 10.2. The molecule has 0 spiro atoms. The molecular weight excluding hydrogens is 365 g/mol. The highest BCUT2D eigenvalue weighted by atomic mass is 127. The minimum absolute atomic E-state index is 0. The van der Waals surface area contributed by atoms with Crippen molar-refractivity contribution in [2.75, 3.05) is 20.1 Å². The molecule has 0 amide bonds. The van der Waals surface area contributed by atoms with E-state index in [1.54, 1.807) is 0 Å². The maximum Gasteiger partial charge on any atom is 0.190 e. The van der Waals surface area contributed by atoms with Crippen molar-refractivity contribution < 1.29 is 0 Å². The maximum atomic E-state index is 4.22. The molecule has 5 nitrogen and oxygen atoms in total. The lowest BCUT2D eigenvalue weighted by Gasteiger charge is -2.13. The first-order valence-corrected chi connectivity index (χ1v) is 7.05. The van der Waals surface area contributed by atoms with Crippen LogP contribution in [0.2, 0.25) is 0 Å². The number of nitrogens with zero attached hydrogens (tertiary/aromatic N) is 3. The topological polar surface area (TPSA) is 54.2 Å². The number of imidazole rings is 1. The van der Waals surface area contributed by atoms with Gasteiger partial charge in [-0.1, -0.05) is 13.8 Å². The van der Waals surface area contributed by atoms with Gasteiger partial charge in [-0.15, -0.1) is 24.0 Å². The van der Waals surface area contributed by atoms with Crippen molar-refractivity contribution in [1.29, 1.82) is 0 Å². The van der Waals surface area contributed by atoms with Crippen molar-refractivity contribution in [2.24, 2.45) is 10.9 Å². The highest BCUT2D eigenvalue weighted by Crippen LogP contribution is 1.99. The van der Waals surface area contributed by atoms with Crippen LogP contribution in [0.25, 0.3) is 0 Å². The fourth-order valence-electron chi connectivity index (χ4n) is 1.78. The van der Waals surface area contributed by atoms with Gasteiger partial charge in [0, 0.05) is 39.1 Å². The average Bonchev–Trinajstić information content (AvgIpc) is 2.78. The Morgan fingerprint density at radius 3 is 2.65 bits per heavy atom. The van der Waals surface area contributed by atoms with Crippen molar-refractivity contribution >= 4 is 29.9 Å². The van der Waals surface area contributed by atoms with E-state index < -0.39 is 0 Å². The molecule has 1 aromatic heterocycles. The maximum absolute atomic E-state index is 4.22. The number of rotatable bonds is 7. The average molecular weight is 393 g/mol. The second-order valence-corrected chi connectivity index (χ2v) is 5.15. The van der Waals surface area contributed by atoms with Crippen molar-refractivity contribution in [1.82, 2.24) is 20.2 Å². The van der Waals surface area contributed by atoms with Crippen LogP contribution in [-0.4, -0.2) is 35.6 Å². The van der Waals surface area contributed by atoms with Gasteiger partial charge in [0.15, 0.2) is 5.96 Å². The predicted molar refractivity (Wildman–Crippen MR) is 95.8 cm³/mol. The molecule has 116 valence electrons. The Morgan fingerprint density at radius 1 is 1.35 bits per heavy atom. The summed E-state index contributed by atoms with van der Waals surface area (Å²) in [5.74, 6) is 2.61. The Bertz CT molecular complexity index is 387. The largest absolute Gasteiger partial charge is 0.356 e. The van der Waals surface area contributed by atoms with Gasteiger partial charge in [-0.2, -0.15) is 0 Å². The first kappa shape index (κ1) is 19.2. The molecule has 0 saturated carbocycles. The third kappa shape index (κ3) is 7.72. The third-order valence-corrected chi connectivity index (χ3v) is 2.94. The first-order chi connectivity index (χ1) is 9.13. The molecule has 0 bridgehead atoms. The minimum atomic E-state index is 0. The van der Waals surface area contributed by atoms with E-state index in [2.05, 4.69) is 39.0 Å². The van der Waals surface area contributed by atoms with Crippen LogP contribution < -0.4 is 10.6 Å². The van der Waals surface area contributed by atoms with E-state index >= 15 is 0 Å². The Balaban J connectivity index is 0.00000361. The summed E-state index contributed by atoms with van der Waals surface area (Å²) >= 11 is 0. The van der Waals surface area contributed by atoms with Gasteiger partial charge in [-0.25, -0.2) is 4.98 Å². The molecule has 20 heavy (non-hydrogen) atoms. The van der Waals surface area contributed by atoms with Crippen molar-refractivity contribution in [2.45, 2.75) is 40.2 Å². The van der Waals surface area contributed by atoms with Gasteiger partial charge >= 0.3 is 0 Å². The van der Waals surface area contributed by atoms with E-state index in [1.807, 2.05) is 26.4 Å². The summed E-state index contributed by atoms with van der Waals surface area (Å²) in [4.78, 5) is 8.42. The van der Waals surface area contributed by atoms with Crippen LogP contribution in [0.4, 0.5) is 0 Å². The highest BCUT2D eigenvalue weighted by Gasteiger charge is 1.99. The summed E-state index contributed by atoms with van der Waals surface area (Å²) in [6.07, 6.45) is 6.16. The Labute approximate surface area is 139 Å². The van der Waals surface area contributed by atoms with Crippen LogP contribution in [0.15, 0.2) is 17.4 Å². The molecule has 1 aromatic rings. The van der Waals surface area contributed by atoms with Crippen LogP contribution in [0.1, 0.15) is 32.5 Å². The zero-order valence-corrected chi connectivity index (χ0v) is 15.3. The van der Waals surface area contributed by atoms with E-state index in [1.165, 1.54) is 0 Å². The first-order valence-electron chi connectivity index (χ1n) is 7.05. The lowest BCUT2D eigenvalue weighted by Crippen LogP contribution is -2.39. The van der Waals surface area contributed by atoms with E-state index in [-0.39, 0.29) is 24.0 Å². The Kier molecular flexibility index (Phi) is 10.5. The molecule has 0 aromatic carbocycles. The van der Waals surface area contributed by atoms with Crippen LogP contribution in [-0.2, 0) is 6.54 Å². The SMILES string of the molecule is CN=C(NCCCCn1ccnc1C)NCC(C)C.I. The number of hydrogen-bond acceptors (Lipinski definition) is 2. The number of halogens is 1. The van der Waals surface area contributed by atoms with Gasteiger partial charge in [0.1, 0.15) is 5.82 Å². The fourth-order valence-corrected chi connectivity index (χ4v) is 1.78. The standard InChI is InChI=1S/C14H27N5.HI/c1-12(2)11-18-14(15-4)17-7-5-6-9-19-10-8-16-13(19)3;/h8,10,12H,5-7,9,11H2,1-4H3,(H2,15,17,18);1H. The van der Waals surface area contributed by atoms with Crippen LogP contribution in [0.5, 0.6) is 0 Å². The number of guanidine groups is 1. The molecule has 6 heteroatoms. The summed E-state index contributed by atoms with van der Waals surface area (Å²) in [5.41, 5.74) is 0. The number of nitrogens with one attached hydrogen (secondary N) is 2. The molecule has 0 aliphatic carbocycles. The molecule has 0 atom stereocenters. The smallest absolute Gasteiger partial charge is 0.190 e. The molecule has 0 aliphatic rings. The summed E-state index contributed by atoms with van der Waals surface area (Å²) in [6.45, 7) is 9.35. The predicted octanol–water partition coefficient (Wildman–Crippen LogP) is 2.41. The van der Waals surface area contributed by atoms with E-state index in [0.717, 1.165) is 44.3 Å². The highest BCUT2D eigenvalue weighted by molar-refractivity contribution is 14.0. The zero-order chi connectivity index (χ0) is 14.1. The zero-order valence-electron chi connectivity index (χ0n) is 13.0. The number of aryl methyl sites for hydroxylation is 2. The molecule has 2 N–H and O–H groups in total. The van der Waals surface area contributed by atoms with Gasteiger partial charge in [-0.3, -0.25) is 4.99 Å². The molecule has 0 saturated heterocycles. The molecule has 1 rings (SSSR count). The Hall–Kier alpha value is -0.790. The van der Waals surface area contributed by atoms with Gasteiger partial charge in [0.25, 0.3) is 0 Å². The number of hydrogen-bond donors (Lipinski definition) is 2. The van der Waals surface area contributed by atoms with Crippen LogP contribution in [0.3, 0.4) is 0 Å². The molecule has 0 fully saturated rings. The van der Waals surface area contributed by atoms with Crippen LogP contribution >= 0.6 is 24.0 Å². The number of aliphatic imine (C=N–C) groups is 1. The minimum Gasteiger partial charge on any atom is -0.356 e. The normalized spacial score (nSPS) is 11.3. The monoisotopic (exact) mass is 393 g/mol. The van der Waals surface area contributed by atoms with Gasteiger partial charge in [-0.05, 0) is 25.7 Å². The van der Waals surface area contributed by atoms with Crippen LogP contribution in [0, 0.1) is 12.8 Å². The molecule has 0 unspecified atom stereocenters. The third-order valence-electron chi connectivity index (χ3n) is 2.94. The molecule has 1 heterocycles. The van der Waals surface area contributed by atoms with Gasteiger partial charge in [0.2, 0.25) is 0 Å². The quantitative estimate of drug-likeness (QED) is 0.324. The van der Waals surface area contributed by atoms with Crippen molar-refractivity contribution in [3.8, 4) is 0 Å². The van der Waals surface area contributed by atoms with E-state index in [4.69, 9.17) is 0 Å². The summed E-state index contributed by atoms with van der Waals surface area (Å²) < 4.78 is 2.19. The number of unbranched alkanes of at least 4 members (excludes halogenated alkanes) is 1. The second-order valence-electron chi connectivity index (χ2n) is 5.15. The van der Waals surface area contributed by atoms with E-state index in [9.17, 15) is 0 Å². The van der Waals surface area contributed by atoms with Crippen molar-refractivity contribution in [3.63, 3.8) is 0 Å². The van der Waals surface area contributed by atoms with Gasteiger partial charge < -0.3 is 15.2 Å².